The molecule has 1 aliphatic heterocycles. The third kappa shape index (κ3) is 2.96. The Morgan fingerprint density at radius 1 is 1.04 bits per heavy atom. The lowest BCUT2D eigenvalue weighted by Crippen LogP contribution is -2.56. The normalized spacial score (nSPS) is 27.6. The molecule has 3 nitrogen and oxygen atoms in total. The van der Waals surface area contributed by atoms with Crippen LogP contribution in [0.4, 0.5) is 0 Å². The van der Waals surface area contributed by atoms with Gasteiger partial charge < -0.3 is 9.64 Å². The van der Waals surface area contributed by atoms with Crippen molar-refractivity contribution >= 4 is 5.97 Å². The maximum absolute atomic E-state index is 13.3. The molecule has 0 saturated carbocycles. The third-order valence-corrected chi connectivity index (χ3v) is 5.38. The van der Waals surface area contributed by atoms with Gasteiger partial charge in [-0.15, -0.1) is 0 Å². The fraction of sp³-hybridized carbons (Fsp3) is 0.381. The molecule has 0 aromatic heterocycles. The summed E-state index contributed by atoms with van der Waals surface area (Å²) in [5.41, 5.74) is 0.446. The van der Waals surface area contributed by atoms with E-state index in [4.69, 9.17) is 4.74 Å². The van der Waals surface area contributed by atoms with Gasteiger partial charge in [0.15, 0.2) is 0 Å². The molecule has 3 rings (SSSR count). The Balaban J connectivity index is 2.01. The zero-order valence-electron chi connectivity index (χ0n) is 14.6. The summed E-state index contributed by atoms with van der Waals surface area (Å²) in [5, 5.41) is 0. The van der Waals surface area contributed by atoms with Crippen molar-refractivity contribution in [2.24, 2.45) is 5.92 Å². The number of carbonyl (C=O) groups is 1. The predicted octanol–water partition coefficient (Wildman–Crippen LogP) is 3.89. The van der Waals surface area contributed by atoms with Gasteiger partial charge in [0.05, 0.1) is 5.41 Å². The highest BCUT2D eigenvalue weighted by molar-refractivity contribution is 5.86. The van der Waals surface area contributed by atoms with Crippen LogP contribution in [-0.2, 0) is 10.2 Å². The standard InChI is InChI=1S/C21H25NO2/c1-16-15-22(3)17(2)14-21(16,18-10-6-4-7-11-18)20(23)24-19-12-8-5-9-13-19/h4-13,16-17H,14-15H2,1-3H3. The number of carbonyl (C=O) groups excluding carboxylic acids is 1. The first-order valence-electron chi connectivity index (χ1n) is 8.57. The topological polar surface area (TPSA) is 29.5 Å². The first kappa shape index (κ1) is 16.7. The smallest absolute Gasteiger partial charge is 0.322 e. The molecular formula is C21H25NO2. The largest absolute Gasteiger partial charge is 0.426 e. The molecule has 126 valence electrons. The SMILES string of the molecule is CC1CC(C(=O)Oc2ccccc2)(c2ccccc2)C(C)CN1C. The van der Waals surface area contributed by atoms with Crippen molar-refractivity contribution in [3.05, 3.63) is 66.2 Å². The predicted molar refractivity (Wildman–Crippen MR) is 96.1 cm³/mol. The van der Waals surface area contributed by atoms with Crippen LogP contribution in [-0.4, -0.2) is 30.5 Å². The third-order valence-electron chi connectivity index (χ3n) is 5.38. The maximum Gasteiger partial charge on any atom is 0.322 e. The van der Waals surface area contributed by atoms with Gasteiger partial charge in [-0.3, -0.25) is 4.79 Å². The highest BCUT2D eigenvalue weighted by atomic mass is 16.5. The summed E-state index contributed by atoms with van der Waals surface area (Å²) in [6.45, 7) is 5.21. The molecule has 0 radical (unpaired) electrons. The van der Waals surface area contributed by atoms with E-state index in [9.17, 15) is 4.79 Å². The molecule has 2 aromatic carbocycles. The molecule has 3 unspecified atom stereocenters. The van der Waals surface area contributed by atoms with E-state index < -0.39 is 5.41 Å². The van der Waals surface area contributed by atoms with Crippen LogP contribution in [0.15, 0.2) is 60.7 Å². The molecule has 1 aliphatic rings. The minimum absolute atomic E-state index is 0.146. The van der Waals surface area contributed by atoms with Crippen LogP contribution in [0, 0.1) is 5.92 Å². The number of hydrogen-bond acceptors (Lipinski definition) is 3. The number of likely N-dealkylation sites (tertiary alicyclic amines) is 1. The average molecular weight is 323 g/mol. The fourth-order valence-corrected chi connectivity index (χ4v) is 3.82. The molecule has 3 heteroatoms. The summed E-state index contributed by atoms with van der Waals surface area (Å²) < 4.78 is 5.81. The van der Waals surface area contributed by atoms with Crippen molar-refractivity contribution in [3.8, 4) is 5.75 Å². The lowest BCUT2D eigenvalue weighted by Gasteiger charge is -2.47. The van der Waals surface area contributed by atoms with E-state index in [1.54, 1.807) is 0 Å². The Labute approximate surface area is 144 Å². The van der Waals surface area contributed by atoms with Crippen LogP contribution < -0.4 is 4.74 Å². The van der Waals surface area contributed by atoms with Crippen LogP contribution in [0.1, 0.15) is 25.8 Å². The van der Waals surface area contributed by atoms with Crippen LogP contribution in [0.3, 0.4) is 0 Å². The Hall–Kier alpha value is -2.13. The molecule has 0 N–H and O–H groups in total. The van der Waals surface area contributed by atoms with Crippen molar-refractivity contribution in [2.45, 2.75) is 31.7 Å². The second-order valence-corrected chi connectivity index (χ2v) is 6.93. The van der Waals surface area contributed by atoms with Gasteiger partial charge in [-0.2, -0.15) is 0 Å². The van der Waals surface area contributed by atoms with Crippen molar-refractivity contribution in [3.63, 3.8) is 0 Å². The van der Waals surface area contributed by atoms with E-state index in [0.29, 0.717) is 11.8 Å². The minimum Gasteiger partial charge on any atom is -0.426 e. The van der Waals surface area contributed by atoms with Gasteiger partial charge >= 0.3 is 5.97 Å². The van der Waals surface area contributed by atoms with Crippen LogP contribution in [0.5, 0.6) is 5.75 Å². The van der Waals surface area contributed by atoms with E-state index in [1.807, 2.05) is 48.5 Å². The number of rotatable bonds is 3. The van der Waals surface area contributed by atoms with E-state index in [1.165, 1.54) is 0 Å². The fourth-order valence-electron chi connectivity index (χ4n) is 3.82. The molecule has 1 heterocycles. The van der Waals surface area contributed by atoms with Crippen molar-refractivity contribution < 1.29 is 9.53 Å². The van der Waals surface area contributed by atoms with Gasteiger partial charge in [0, 0.05) is 12.6 Å². The molecule has 1 saturated heterocycles. The number of nitrogens with zero attached hydrogens (tertiary/aromatic N) is 1. The van der Waals surface area contributed by atoms with E-state index in [-0.39, 0.29) is 11.9 Å². The Kier molecular flexibility index (Phi) is 4.72. The van der Waals surface area contributed by atoms with Gasteiger partial charge in [-0.1, -0.05) is 55.5 Å². The summed E-state index contributed by atoms with van der Waals surface area (Å²) in [6.07, 6.45) is 0.764. The Morgan fingerprint density at radius 3 is 2.25 bits per heavy atom. The molecule has 3 atom stereocenters. The highest BCUT2D eigenvalue weighted by Crippen LogP contribution is 2.43. The lowest BCUT2D eigenvalue weighted by molar-refractivity contribution is -0.146. The molecule has 24 heavy (non-hydrogen) atoms. The second kappa shape index (κ2) is 6.78. The molecule has 0 aliphatic carbocycles. The molecule has 2 aromatic rings. The molecule has 0 amide bonds. The first-order valence-corrected chi connectivity index (χ1v) is 8.57. The second-order valence-electron chi connectivity index (χ2n) is 6.93. The zero-order valence-corrected chi connectivity index (χ0v) is 14.6. The summed E-state index contributed by atoms with van der Waals surface area (Å²) in [4.78, 5) is 15.6. The zero-order chi connectivity index (χ0) is 17.2. The number of esters is 1. The summed E-state index contributed by atoms with van der Waals surface area (Å²) in [6, 6.07) is 19.8. The Morgan fingerprint density at radius 2 is 1.62 bits per heavy atom. The highest BCUT2D eigenvalue weighted by Gasteiger charge is 2.51. The Bertz CT molecular complexity index is 685. The first-order chi connectivity index (χ1) is 11.5. The number of para-hydroxylation sites is 1. The van der Waals surface area contributed by atoms with Crippen molar-refractivity contribution in [1.82, 2.24) is 4.90 Å². The molecular weight excluding hydrogens is 298 g/mol. The monoisotopic (exact) mass is 323 g/mol. The minimum atomic E-state index is -0.608. The van der Waals surface area contributed by atoms with E-state index >= 15 is 0 Å². The number of ether oxygens (including phenoxy) is 1. The number of piperidine rings is 1. The van der Waals surface area contributed by atoms with Gasteiger partial charge in [-0.25, -0.2) is 0 Å². The summed E-state index contributed by atoms with van der Waals surface area (Å²) in [7, 11) is 2.12. The van der Waals surface area contributed by atoms with Gasteiger partial charge in [0.25, 0.3) is 0 Å². The molecule has 1 fully saturated rings. The van der Waals surface area contributed by atoms with Gasteiger partial charge in [-0.05, 0) is 44.0 Å². The van der Waals surface area contributed by atoms with Crippen LogP contribution in [0.2, 0.25) is 0 Å². The number of benzene rings is 2. The van der Waals surface area contributed by atoms with Crippen molar-refractivity contribution in [1.29, 1.82) is 0 Å². The molecule has 0 bridgehead atoms. The number of hydrogen-bond donors (Lipinski definition) is 0. The van der Waals surface area contributed by atoms with Gasteiger partial charge in [0.1, 0.15) is 5.75 Å². The van der Waals surface area contributed by atoms with Crippen LogP contribution in [0.25, 0.3) is 0 Å². The maximum atomic E-state index is 13.3. The summed E-state index contributed by atoms with van der Waals surface area (Å²) in [5.74, 6) is 0.640. The van der Waals surface area contributed by atoms with Crippen LogP contribution >= 0.6 is 0 Å². The van der Waals surface area contributed by atoms with E-state index in [0.717, 1.165) is 18.5 Å². The molecule has 0 spiro atoms. The van der Waals surface area contributed by atoms with Gasteiger partial charge in [0.2, 0.25) is 0 Å². The van der Waals surface area contributed by atoms with E-state index in [2.05, 4.69) is 37.9 Å². The summed E-state index contributed by atoms with van der Waals surface area (Å²) >= 11 is 0. The quantitative estimate of drug-likeness (QED) is 0.634. The average Bonchev–Trinajstić information content (AvgIpc) is 2.60. The lowest BCUT2D eigenvalue weighted by atomic mass is 9.64. The van der Waals surface area contributed by atoms with Crippen molar-refractivity contribution in [2.75, 3.05) is 13.6 Å².